The topological polar surface area (TPSA) is 84.9 Å². The fourth-order valence-corrected chi connectivity index (χ4v) is 3.41. The number of nitrogens with zero attached hydrogens (tertiary/aromatic N) is 1. The van der Waals surface area contributed by atoms with E-state index in [2.05, 4.69) is 5.32 Å². The Balaban J connectivity index is 2.06. The summed E-state index contributed by atoms with van der Waals surface area (Å²) in [6.45, 7) is 5.04. The number of hydrogen-bond donors (Lipinski definition) is 1. The summed E-state index contributed by atoms with van der Waals surface area (Å²) >= 11 is 0. The maximum atomic E-state index is 12.2. The Labute approximate surface area is 178 Å². The molecule has 2 rings (SSSR count). The van der Waals surface area contributed by atoms with Crippen molar-refractivity contribution in [3.05, 3.63) is 54.1 Å². The first-order chi connectivity index (χ1) is 14.3. The molecule has 162 valence electrons. The summed E-state index contributed by atoms with van der Waals surface area (Å²) in [5.41, 5.74) is 1.30. The fourth-order valence-electron chi connectivity index (χ4n) is 2.50. The summed E-state index contributed by atoms with van der Waals surface area (Å²) in [5, 5.41) is 2.71. The Morgan fingerprint density at radius 1 is 1.03 bits per heavy atom. The largest absolute Gasteiger partial charge is 0.490 e. The summed E-state index contributed by atoms with van der Waals surface area (Å²) in [5.74, 6) is 0.974. The maximum Gasteiger partial charge on any atom is 0.248 e. The molecule has 7 nitrogen and oxygen atoms in total. The first-order valence-electron chi connectivity index (χ1n) is 9.69. The molecule has 30 heavy (non-hydrogen) atoms. The van der Waals surface area contributed by atoms with Crippen LogP contribution in [0.15, 0.2) is 53.4 Å². The van der Waals surface area contributed by atoms with Gasteiger partial charge in [-0.3, -0.25) is 4.79 Å². The maximum absolute atomic E-state index is 12.2. The number of anilines is 1. The van der Waals surface area contributed by atoms with Crippen molar-refractivity contribution in [1.29, 1.82) is 0 Å². The number of nitrogens with one attached hydrogen (secondary N) is 1. The molecular weight excluding hydrogens is 404 g/mol. The van der Waals surface area contributed by atoms with Crippen molar-refractivity contribution in [3.8, 4) is 11.5 Å². The van der Waals surface area contributed by atoms with Crippen LogP contribution in [0, 0.1) is 0 Å². The van der Waals surface area contributed by atoms with Crippen molar-refractivity contribution in [2.24, 2.45) is 0 Å². The molecule has 0 aromatic heterocycles. The molecule has 0 saturated carbocycles. The minimum atomic E-state index is -3.50. The third-order valence-electron chi connectivity index (χ3n) is 4.06. The summed E-state index contributed by atoms with van der Waals surface area (Å²) < 4.78 is 36.6. The normalized spacial score (nSPS) is 11.6. The van der Waals surface area contributed by atoms with Crippen molar-refractivity contribution in [3.63, 3.8) is 0 Å². The van der Waals surface area contributed by atoms with Gasteiger partial charge in [0.25, 0.3) is 0 Å². The molecule has 2 aromatic rings. The van der Waals surface area contributed by atoms with E-state index in [4.69, 9.17) is 9.47 Å². The van der Waals surface area contributed by atoms with E-state index >= 15 is 0 Å². The lowest BCUT2D eigenvalue weighted by Crippen LogP contribution is -2.22. The minimum absolute atomic E-state index is 0.162. The van der Waals surface area contributed by atoms with Crippen LogP contribution in [0.5, 0.6) is 11.5 Å². The standard InChI is InChI=1S/C22H28N2O5S/c1-5-15-29-20-13-7-17(16-21(20)28-6-2)8-14-22(25)23-18-9-11-19(12-10-18)30(26,27)24(3)4/h7-14,16H,5-6,15H2,1-4H3,(H,23,25)/b14-8+. The van der Waals surface area contributed by atoms with E-state index < -0.39 is 10.0 Å². The Hall–Kier alpha value is -2.84. The number of hydrogen-bond acceptors (Lipinski definition) is 5. The number of carbonyl (C=O) groups is 1. The molecular formula is C22H28N2O5S. The van der Waals surface area contributed by atoms with Crippen molar-refractivity contribution >= 4 is 27.7 Å². The van der Waals surface area contributed by atoms with Crippen molar-refractivity contribution < 1.29 is 22.7 Å². The predicted molar refractivity (Wildman–Crippen MR) is 118 cm³/mol. The highest BCUT2D eigenvalue weighted by Gasteiger charge is 2.16. The van der Waals surface area contributed by atoms with Gasteiger partial charge in [-0.2, -0.15) is 0 Å². The monoisotopic (exact) mass is 432 g/mol. The van der Waals surface area contributed by atoms with Gasteiger partial charge >= 0.3 is 0 Å². The smallest absolute Gasteiger partial charge is 0.248 e. The molecule has 0 unspecified atom stereocenters. The second-order valence-corrected chi connectivity index (χ2v) is 8.77. The van der Waals surface area contributed by atoms with Crippen LogP contribution < -0.4 is 14.8 Å². The Bertz CT molecular complexity index is 983. The molecule has 0 aliphatic heterocycles. The van der Waals surface area contributed by atoms with Gasteiger partial charge in [-0.05, 0) is 61.4 Å². The van der Waals surface area contributed by atoms with Gasteiger partial charge in [-0.1, -0.05) is 13.0 Å². The summed E-state index contributed by atoms with van der Waals surface area (Å²) in [4.78, 5) is 12.4. The number of ether oxygens (including phenoxy) is 2. The number of amides is 1. The molecule has 0 heterocycles. The molecule has 0 saturated heterocycles. The molecule has 0 atom stereocenters. The number of benzene rings is 2. The fraction of sp³-hybridized carbons (Fsp3) is 0.318. The number of sulfonamides is 1. The van der Waals surface area contributed by atoms with Crippen LogP contribution in [0.2, 0.25) is 0 Å². The molecule has 0 radical (unpaired) electrons. The molecule has 0 spiro atoms. The highest BCUT2D eigenvalue weighted by atomic mass is 32.2. The van der Waals surface area contributed by atoms with Gasteiger partial charge in [0.15, 0.2) is 11.5 Å². The van der Waals surface area contributed by atoms with E-state index in [9.17, 15) is 13.2 Å². The lowest BCUT2D eigenvalue weighted by atomic mass is 10.2. The molecule has 0 aliphatic rings. The van der Waals surface area contributed by atoms with E-state index in [1.807, 2.05) is 32.0 Å². The van der Waals surface area contributed by atoms with Gasteiger partial charge in [0.1, 0.15) is 0 Å². The van der Waals surface area contributed by atoms with Crippen LogP contribution in [0.25, 0.3) is 6.08 Å². The second kappa shape index (κ2) is 10.8. The molecule has 1 amide bonds. The third kappa shape index (κ3) is 6.33. The average molecular weight is 433 g/mol. The van der Waals surface area contributed by atoms with Gasteiger partial charge in [-0.15, -0.1) is 0 Å². The zero-order valence-electron chi connectivity index (χ0n) is 17.7. The van der Waals surface area contributed by atoms with Crippen molar-refractivity contribution in [2.45, 2.75) is 25.2 Å². The van der Waals surface area contributed by atoms with E-state index in [0.29, 0.717) is 30.4 Å². The van der Waals surface area contributed by atoms with Gasteiger partial charge in [0.2, 0.25) is 15.9 Å². The van der Waals surface area contributed by atoms with E-state index in [1.165, 1.54) is 32.3 Å². The molecule has 8 heteroatoms. The molecule has 0 aliphatic carbocycles. The zero-order chi connectivity index (χ0) is 22.1. The highest BCUT2D eigenvalue weighted by molar-refractivity contribution is 7.89. The minimum Gasteiger partial charge on any atom is -0.490 e. The molecule has 0 bridgehead atoms. The predicted octanol–water partition coefficient (Wildman–Crippen LogP) is 3.78. The SMILES string of the molecule is CCCOc1ccc(/C=C/C(=O)Nc2ccc(S(=O)(=O)N(C)C)cc2)cc1OCC. The number of carbonyl (C=O) groups excluding carboxylic acids is 1. The van der Waals surface area contributed by atoms with Gasteiger partial charge in [0, 0.05) is 25.9 Å². The molecule has 2 aromatic carbocycles. The first-order valence-corrected chi connectivity index (χ1v) is 11.1. The van der Waals surface area contributed by atoms with Gasteiger partial charge in [0.05, 0.1) is 18.1 Å². The first kappa shape index (κ1) is 23.4. The third-order valence-corrected chi connectivity index (χ3v) is 5.89. The quantitative estimate of drug-likeness (QED) is 0.578. The summed E-state index contributed by atoms with van der Waals surface area (Å²) in [6.07, 6.45) is 3.98. The van der Waals surface area contributed by atoms with Crippen LogP contribution in [-0.4, -0.2) is 45.9 Å². The summed E-state index contributed by atoms with van der Waals surface area (Å²) in [6, 6.07) is 11.5. The molecule has 0 fully saturated rings. The highest BCUT2D eigenvalue weighted by Crippen LogP contribution is 2.29. The number of rotatable bonds is 10. The van der Waals surface area contributed by atoms with E-state index in [-0.39, 0.29) is 10.8 Å². The Kier molecular flexibility index (Phi) is 8.44. The van der Waals surface area contributed by atoms with E-state index in [0.717, 1.165) is 16.3 Å². The van der Waals surface area contributed by atoms with Crippen LogP contribution in [0.3, 0.4) is 0 Å². The van der Waals surface area contributed by atoms with Crippen molar-refractivity contribution in [1.82, 2.24) is 4.31 Å². The van der Waals surface area contributed by atoms with Crippen molar-refractivity contribution in [2.75, 3.05) is 32.6 Å². The average Bonchev–Trinajstić information content (AvgIpc) is 2.72. The van der Waals surface area contributed by atoms with Crippen LogP contribution >= 0.6 is 0 Å². The van der Waals surface area contributed by atoms with Crippen LogP contribution in [0.4, 0.5) is 5.69 Å². The van der Waals surface area contributed by atoms with E-state index in [1.54, 1.807) is 18.2 Å². The lowest BCUT2D eigenvalue weighted by Gasteiger charge is -2.12. The summed E-state index contributed by atoms with van der Waals surface area (Å²) in [7, 11) is -0.567. The van der Waals surface area contributed by atoms with Crippen LogP contribution in [0.1, 0.15) is 25.8 Å². The van der Waals surface area contributed by atoms with Gasteiger partial charge < -0.3 is 14.8 Å². The Morgan fingerprint density at radius 3 is 2.33 bits per heavy atom. The zero-order valence-corrected chi connectivity index (χ0v) is 18.5. The van der Waals surface area contributed by atoms with Gasteiger partial charge in [-0.25, -0.2) is 12.7 Å². The lowest BCUT2D eigenvalue weighted by molar-refractivity contribution is -0.111. The molecule has 1 N–H and O–H groups in total. The van der Waals surface area contributed by atoms with Crippen LogP contribution in [-0.2, 0) is 14.8 Å². The second-order valence-electron chi connectivity index (χ2n) is 6.62. The Morgan fingerprint density at radius 2 is 1.73 bits per heavy atom.